The minimum absolute atomic E-state index is 0.0306. The highest BCUT2D eigenvalue weighted by Gasteiger charge is 2.25. The Morgan fingerprint density at radius 2 is 1.60 bits per heavy atom. The van der Waals surface area contributed by atoms with E-state index in [1.54, 1.807) is 24.5 Å². The Kier molecular flexibility index (Phi) is 4.90. The fraction of sp³-hybridized carbons (Fsp3) is 0.526. The summed E-state index contributed by atoms with van der Waals surface area (Å²) in [6, 6.07) is 7.16. The molecule has 2 aromatic heterocycles. The molecule has 2 saturated heterocycles. The number of furan rings is 2. The zero-order chi connectivity index (χ0) is 17.1. The molecule has 1 amide bonds. The maximum Gasteiger partial charge on any atom is 0.289 e. The molecule has 0 aromatic carbocycles. The van der Waals surface area contributed by atoms with Crippen LogP contribution in [0.5, 0.6) is 0 Å². The number of carbonyl (C=O) groups is 1. The average Bonchev–Trinajstić information content (AvgIpc) is 3.42. The van der Waals surface area contributed by atoms with Crippen LogP contribution in [0, 0.1) is 0 Å². The van der Waals surface area contributed by atoms with Gasteiger partial charge in [0.25, 0.3) is 5.91 Å². The van der Waals surface area contributed by atoms with E-state index in [-0.39, 0.29) is 5.91 Å². The van der Waals surface area contributed by atoms with E-state index in [0.717, 1.165) is 39.3 Å². The number of hydrogen-bond acceptors (Lipinski definition) is 5. The van der Waals surface area contributed by atoms with Gasteiger partial charge in [0.1, 0.15) is 0 Å². The van der Waals surface area contributed by atoms with E-state index in [2.05, 4.69) is 9.80 Å². The van der Waals surface area contributed by atoms with Gasteiger partial charge in [-0.3, -0.25) is 9.69 Å². The lowest BCUT2D eigenvalue weighted by Gasteiger charge is -2.35. The number of nitrogens with zero attached hydrogens (tertiary/aromatic N) is 3. The highest BCUT2D eigenvalue weighted by Crippen LogP contribution is 2.23. The van der Waals surface area contributed by atoms with Crippen LogP contribution in [-0.4, -0.2) is 73.0 Å². The van der Waals surface area contributed by atoms with Crippen LogP contribution in [0.2, 0.25) is 0 Å². The van der Waals surface area contributed by atoms with Crippen molar-refractivity contribution in [2.24, 2.45) is 0 Å². The van der Waals surface area contributed by atoms with Gasteiger partial charge in [-0.1, -0.05) is 0 Å². The number of carbonyl (C=O) groups excluding carboxylic acids is 1. The molecule has 4 rings (SSSR count). The maximum atomic E-state index is 12.6. The van der Waals surface area contributed by atoms with Crippen molar-refractivity contribution in [2.45, 2.75) is 12.8 Å². The van der Waals surface area contributed by atoms with Crippen molar-refractivity contribution in [1.29, 1.82) is 0 Å². The molecule has 2 aromatic rings. The Morgan fingerprint density at radius 1 is 0.880 bits per heavy atom. The van der Waals surface area contributed by atoms with Crippen LogP contribution in [0.25, 0.3) is 11.5 Å². The van der Waals surface area contributed by atoms with E-state index in [0.29, 0.717) is 17.3 Å². The summed E-state index contributed by atoms with van der Waals surface area (Å²) in [4.78, 5) is 19.5. The van der Waals surface area contributed by atoms with Crippen LogP contribution in [0.15, 0.2) is 39.4 Å². The molecule has 0 N–H and O–H groups in total. The fourth-order valence-corrected chi connectivity index (χ4v) is 3.62. The van der Waals surface area contributed by atoms with Crippen molar-refractivity contribution in [2.75, 3.05) is 52.4 Å². The first-order chi connectivity index (χ1) is 12.3. The molecule has 6 heteroatoms. The van der Waals surface area contributed by atoms with Crippen LogP contribution >= 0.6 is 0 Å². The van der Waals surface area contributed by atoms with Gasteiger partial charge in [-0.15, -0.1) is 0 Å². The van der Waals surface area contributed by atoms with Gasteiger partial charge in [-0.05, 0) is 50.2 Å². The molecule has 0 aliphatic carbocycles. The van der Waals surface area contributed by atoms with E-state index < -0.39 is 0 Å². The first-order valence-electron chi connectivity index (χ1n) is 9.17. The summed E-state index contributed by atoms with van der Waals surface area (Å²) in [5.74, 6) is 1.59. The third-order valence-corrected chi connectivity index (χ3v) is 5.17. The van der Waals surface area contributed by atoms with Crippen molar-refractivity contribution >= 4 is 5.91 Å². The maximum absolute atomic E-state index is 12.6. The predicted octanol–water partition coefficient (Wildman–Crippen LogP) is 2.39. The quantitative estimate of drug-likeness (QED) is 0.834. The molecular weight excluding hydrogens is 318 g/mol. The number of likely N-dealkylation sites (tertiary alicyclic amines) is 1. The molecule has 25 heavy (non-hydrogen) atoms. The van der Waals surface area contributed by atoms with E-state index in [1.165, 1.54) is 25.9 Å². The van der Waals surface area contributed by atoms with E-state index in [1.807, 2.05) is 11.0 Å². The number of hydrogen-bond donors (Lipinski definition) is 0. The number of rotatable bonds is 5. The third kappa shape index (κ3) is 3.80. The first-order valence-corrected chi connectivity index (χ1v) is 9.17. The summed E-state index contributed by atoms with van der Waals surface area (Å²) < 4.78 is 11.0. The van der Waals surface area contributed by atoms with Crippen molar-refractivity contribution in [3.8, 4) is 11.5 Å². The average molecular weight is 343 g/mol. The lowest BCUT2D eigenvalue weighted by atomic mass is 10.2. The Labute approximate surface area is 148 Å². The van der Waals surface area contributed by atoms with Gasteiger partial charge in [-0.2, -0.15) is 0 Å². The Hall–Kier alpha value is -2.05. The van der Waals surface area contributed by atoms with E-state index in [4.69, 9.17) is 8.83 Å². The van der Waals surface area contributed by atoms with Gasteiger partial charge in [-0.25, -0.2) is 0 Å². The highest BCUT2D eigenvalue weighted by molar-refractivity contribution is 5.92. The molecule has 0 bridgehead atoms. The minimum atomic E-state index is -0.0306. The predicted molar refractivity (Wildman–Crippen MR) is 94.4 cm³/mol. The van der Waals surface area contributed by atoms with Crippen LogP contribution in [-0.2, 0) is 0 Å². The summed E-state index contributed by atoms with van der Waals surface area (Å²) in [5.41, 5.74) is 0. The van der Waals surface area contributed by atoms with Crippen molar-refractivity contribution < 1.29 is 13.6 Å². The summed E-state index contributed by atoms with van der Waals surface area (Å²) in [5, 5.41) is 0. The lowest BCUT2D eigenvalue weighted by Crippen LogP contribution is -2.50. The Bertz CT molecular complexity index is 681. The first kappa shape index (κ1) is 16.4. The molecule has 0 spiro atoms. The van der Waals surface area contributed by atoms with E-state index in [9.17, 15) is 4.79 Å². The van der Waals surface area contributed by atoms with Crippen molar-refractivity contribution in [3.63, 3.8) is 0 Å². The highest BCUT2D eigenvalue weighted by atomic mass is 16.4. The van der Waals surface area contributed by atoms with Gasteiger partial charge >= 0.3 is 0 Å². The second-order valence-electron chi connectivity index (χ2n) is 6.82. The molecular formula is C19H25N3O3. The topological polar surface area (TPSA) is 53.1 Å². The summed E-state index contributed by atoms with van der Waals surface area (Å²) in [7, 11) is 0. The molecule has 0 radical (unpaired) electrons. The lowest BCUT2D eigenvalue weighted by molar-refractivity contribution is 0.0597. The monoisotopic (exact) mass is 343 g/mol. The third-order valence-electron chi connectivity index (χ3n) is 5.17. The normalized spacial score (nSPS) is 19.6. The molecule has 134 valence electrons. The standard InChI is InChI=1S/C19H25N3O3/c23-19(18-6-5-17(25-18)16-4-3-15-24-16)22-13-11-21(12-14-22)10-9-20-7-1-2-8-20/h3-6,15H,1-2,7-14H2. The van der Waals surface area contributed by atoms with Gasteiger partial charge in [0.05, 0.1) is 6.26 Å². The van der Waals surface area contributed by atoms with Crippen molar-refractivity contribution in [1.82, 2.24) is 14.7 Å². The molecule has 2 aliphatic rings. The zero-order valence-corrected chi connectivity index (χ0v) is 14.5. The second-order valence-corrected chi connectivity index (χ2v) is 6.82. The van der Waals surface area contributed by atoms with Gasteiger partial charge in [0.15, 0.2) is 17.3 Å². The van der Waals surface area contributed by atoms with E-state index >= 15 is 0 Å². The Balaban J connectivity index is 1.28. The zero-order valence-electron chi connectivity index (χ0n) is 14.5. The Morgan fingerprint density at radius 3 is 2.28 bits per heavy atom. The fourth-order valence-electron chi connectivity index (χ4n) is 3.62. The largest absolute Gasteiger partial charge is 0.461 e. The minimum Gasteiger partial charge on any atom is -0.461 e. The molecule has 0 unspecified atom stereocenters. The molecule has 4 heterocycles. The van der Waals surface area contributed by atoms with Crippen LogP contribution in [0.3, 0.4) is 0 Å². The SMILES string of the molecule is O=C(c1ccc(-c2ccco2)o1)N1CCN(CCN2CCCC2)CC1. The summed E-state index contributed by atoms with van der Waals surface area (Å²) in [6.07, 6.45) is 4.28. The van der Waals surface area contributed by atoms with Crippen LogP contribution < -0.4 is 0 Å². The van der Waals surface area contributed by atoms with Gasteiger partial charge in [0.2, 0.25) is 0 Å². The van der Waals surface area contributed by atoms with Crippen molar-refractivity contribution in [3.05, 3.63) is 36.3 Å². The molecule has 0 atom stereocenters. The molecule has 2 aliphatic heterocycles. The van der Waals surface area contributed by atoms with Gasteiger partial charge in [0, 0.05) is 39.3 Å². The van der Waals surface area contributed by atoms with Gasteiger partial charge < -0.3 is 18.6 Å². The second kappa shape index (κ2) is 7.45. The summed E-state index contributed by atoms with van der Waals surface area (Å²) >= 11 is 0. The number of amides is 1. The van der Waals surface area contributed by atoms with Crippen LogP contribution in [0.1, 0.15) is 23.4 Å². The smallest absolute Gasteiger partial charge is 0.289 e. The summed E-state index contributed by atoms with van der Waals surface area (Å²) in [6.45, 7) is 8.13. The molecule has 0 saturated carbocycles. The number of piperazine rings is 1. The molecule has 2 fully saturated rings. The van der Waals surface area contributed by atoms with Crippen LogP contribution in [0.4, 0.5) is 0 Å². The molecule has 6 nitrogen and oxygen atoms in total.